The topological polar surface area (TPSA) is 55.6 Å². The Kier molecular flexibility index (Phi) is 6.02. The van der Waals surface area contributed by atoms with Gasteiger partial charge in [0.05, 0.1) is 17.1 Å². The van der Waals surface area contributed by atoms with Crippen LogP contribution in [0.1, 0.15) is 25.0 Å². The van der Waals surface area contributed by atoms with Crippen molar-refractivity contribution in [1.82, 2.24) is 10.1 Å². The lowest BCUT2D eigenvalue weighted by molar-refractivity contribution is -0.123. The highest BCUT2D eigenvalue weighted by molar-refractivity contribution is 5.94. The molecule has 1 aromatic carbocycles. The van der Waals surface area contributed by atoms with Crippen LogP contribution < -0.4 is 0 Å². The first kappa shape index (κ1) is 19.7. The normalized spacial score (nSPS) is 21.8. The van der Waals surface area contributed by atoms with Gasteiger partial charge in [0.25, 0.3) is 0 Å². The molecule has 2 aliphatic rings. The van der Waals surface area contributed by atoms with E-state index >= 15 is 0 Å². The quantitative estimate of drug-likeness (QED) is 0.697. The number of Topliss-reactive ketones (excluding diaryl/α,β-unsaturated/α-hetero) is 1. The Morgan fingerprint density at radius 2 is 2.21 bits per heavy atom. The summed E-state index contributed by atoms with van der Waals surface area (Å²) in [5.74, 6) is -0.495. The third kappa shape index (κ3) is 4.09. The third-order valence-electron chi connectivity index (χ3n) is 5.55. The zero-order chi connectivity index (χ0) is 20.2. The van der Waals surface area contributed by atoms with Gasteiger partial charge in [0.15, 0.2) is 11.4 Å². The maximum Gasteiger partial charge on any atom is 0.196 e. The third-order valence-corrected chi connectivity index (χ3v) is 5.55. The lowest BCUT2D eigenvalue weighted by Crippen LogP contribution is -2.44. The van der Waals surface area contributed by atoms with Gasteiger partial charge in [0, 0.05) is 19.6 Å². The summed E-state index contributed by atoms with van der Waals surface area (Å²) in [6, 6.07) is 4.66. The molecule has 6 heteroatoms. The number of hydrogen-bond donors (Lipinski definition) is 0. The van der Waals surface area contributed by atoms with Gasteiger partial charge in [-0.3, -0.25) is 9.69 Å². The number of carbonyl (C=O) groups is 1. The number of piperidine rings is 1. The Labute approximate surface area is 169 Å². The van der Waals surface area contributed by atoms with Gasteiger partial charge in [0.1, 0.15) is 11.9 Å². The van der Waals surface area contributed by atoms with Crippen LogP contribution in [0.25, 0.3) is 11.0 Å². The zero-order valence-corrected chi connectivity index (χ0v) is 16.4. The van der Waals surface area contributed by atoms with Crippen molar-refractivity contribution in [2.45, 2.75) is 37.8 Å². The molecule has 1 saturated heterocycles. The number of hydrogen-bond acceptors (Lipinski definition) is 5. The molecular weight excluding hydrogens is 371 g/mol. The number of carbonyl (C=O) groups excluding carboxylic acids is 1. The maximum atomic E-state index is 14.2. The van der Waals surface area contributed by atoms with E-state index in [4.69, 9.17) is 9.26 Å². The van der Waals surface area contributed by atoms with Crippen molar-refractivity contribution in [2.75, 3.05) is 20.2 Å². The van der Waals surface area contributed by atoms with Crippen LogP contribution in [0.2, 0.25) is 0 Å². The highest BCUT2D eigenvalue weighted by Crippen LogP contribution is 2.26. The molecule has 2 unspecified atom stereocenters. The maximum absolute atomic E-state index is 14.2. The van der Waals surface area contributed by atoms with E-state index in [1.165, 1.54) is 12.5 Å². The number of fused-ring (bicyclic) bond motifs is 1. The van der Waals surface area contributed by atoms with Gasteiger partial charge >= 0.3 is 0 Å². The molecule has 0 saturated carbocycles. The van der Waals surface area contributed by atoms with E-state index in [0.29, 0.717) is 23.1 Å². The number of halogens is 1. The number of ketones is 1. The number of likely N-dealkylation sites (tertiary alicyclic amines) is 1. The minimum Gasteiger partial charge on any atom is -0.369 e. The molecule has 4 rings (SSSR count). The number of methoxy groups -OCH3 is 1. The second kappa shape index (κ2) is 8.84. The molecular formula is C23H24FN2O3. The fourth-order valence-corrected chi connectivity index (χ4v) is 4.13. The highest BCUT2D eigenvalue weighted by Gasteiger charge is 2.31. The molecule has 1 radical (unpaired) electrons. The van der Waals surface area contributed by atoms with Crippen LogP contribution in [0.5, 0.6) is 0 Å². The summed E-state index contributed by atoms with van der Waals surface area (Å²) in [6.07, 6.45) is 13.6. The fraction of sp³-hybridized carbons (Fsp3) is 0.391. The van der Waals surface area contributed by atoms with E-state index in [2.05, 4.69) is 22.2 Å². The number of allylic oxidation sites excluding steroid dienone is 3. The Balaban J connectivity index is 1.60. The largest absolute Gasteiger partial charge is 0.369 e. The summed E-state index contributed by atoms with van der Waals surface area (Å²) in [5.41, 5.74) is 1.92. The van der Waals surface area contributed by atoms with E-state index in [-0.39, 0.29) is 17.6 Å². The monoisotopic (exact) mass is 395 g/mol. The molecule has 5 nitrogen and oxygen atoms in total. The smallest absolute Gasteiger partial charge is 0.196 e. The van der Waals surface area contributed by atoms with Gasteiger partial charge in [-0.1, -0.05) is 41.9 Å². The first-order valence-electron chi connectivity index (χ1n) is 9.99. The van der Waals surface area contributed by atoms with Crippen molar-refractivity contribution in [1.29, 1.82) is 0 Å². The molecule has 1 aromatic heterocycles. The number of aromatic nitrogens is 1. The van der Waals surface area contributed by atoms with Crippen LogP contribution in [-0.2, 0) is 16.0 Å². The molecule has 29 heavy (non-hydrogen) atoms. The summed E-state index contributed by atoms with van der Waals surface area (Å²) in [4.78, 5) is 14.6. The van der Waals surface area contributed by atoms with Crippen molar-refractivity contribution in [3.63, 3.8) is 0 Å². The summed E-state index contributed by atoms with van der Waals surface area (Å²) in [7, 11) is 1.55. The average molecular weight is 395 g/mol. The van der Waals surface area contributed by atoms with Crippen LogP contribution >= 0.6 is 0 Å². The standard InChI is InChI=1S/C23H24FN2O3/c1-28-23-16(8-5-12-20(23)27)19(26-14-3-2-4-15-26)11-7-10-18-22-17(24)9-6-13-21(22)29-25-18/h5-9,11,13,19,23H,2-4,10,14-15H2,1H3. The number of ether oxygens (including phenoxy) is 1. The Morgan fingerprint density at radius 3 is 3.00 bits per heavy atom. The molecule has 2 heterocycles. The summed E-state index contributed by atoms with van der Waals surface area (Å²) >= 11 is 0. The zero-order valence-electron chi connectivity index (χ0n) is 16.4. The minimum atomic E-state index is -0.623. The van der Waals surface area contributed by atoms with Crippen LogP contribution in [0.3, 0.4) is 0 Å². The van der Waals surface area contributed by atoms with Gasteiger partial charge in [-0.25, -0.2) is 4.39 Å². The summed E-state index contributed by atoms with van der Waals surface area (Å²) < 4.78 is 24.9. The molecule has 151 valence electrons. The van der Waals surface area contributed by atoms with Gasteiger partial charge in [-0.05, 0) is 43.6 Å². The van der Waals surface area contributed by atoms with Gasteiger partial charge in [-0.2, -0.15) is 0 Å². The molecule has 1 aliphatic carbocycles. The Bertz CT molecular complexity index is 970. The van der Waals surface area contributed by atoms with E-state index in [1.807, 2.05) is 12.2 Å². The van der Waals surface area contributed by atoms with E-state index in [0.717, 1.165) is 31.5 Å². The van der Waals surface area contributed by atoms with E-state index < -0.39 is 6.10 Å². The molecule has 2 atom stereocenters. The predicted octanol–water partition coefficient (Wildman–Crippen LogP) is 3.80. The number of benzene rings is 1. The first-order chi connectivity index (χ1) is 14.2. The molecule has 0 N–H and O–H groups in total. The Morgan fingerprint density at radius 1 is 1.38 bits per heavy atom. The molecule has 0 bridgehead atoms. The van der Waals surface area contributed by atoms with Crippen molar-refractivity contribution in [3.8, 4) is 0 Å². The number of nitrogens with zero attached hydrogens (tertiary/aromatic N) is 2. The molecule has 0 amide bonds. The first-order valence-corrected chi connectivity index (χ1v) is 9.99. The second-order valence-electron chi connectivity index (χ2n) is 7.37. The Hall–Kier alpha value is -2.57. The van der Waals surface area contributed by atoms with Crippen LogP contribution in [0.15, 0.2) is 52.6 Å². The molecule has 2 aromatic rings. The van der Waals surface area contributed by atoms with E-state index in [9.17, 15) is 9.18 Å². The minimum absolute atomic E-state index is 0.0643. The lowest BCUT2D eigenvalue weighted by atomic mass is 9.91. The second-order valence-corrected chi connectivity index (χ2v) is 7.37. The van der Waals surface area contributed by atoms with Crippen molar-refractivity contribution in [2.24, 2.45) is 0 Å². The molecule has 0 spiro atoms. The van der Waals surface area contributed by atoms with Crippen LogP contribution in [0, 0.1) is 11.9 Å². The van der Waals surface area contributed by atoms with E-state index in [1.54, 1.807) is 25.3 Å². The molecule has 1 aliphatic heterocycles. The summed E-state index contributed by atoms with van der Waals surface area (Å²) in [6.45, 7) is 1.93. The van der Waals surface area contributed by atoms with Crippen molar-refractivity contribution in [3.05, 3.63) is 65.7 Å². The van der Waals surface area contributed by atoms with Crippen LogP contribution in [0.4, 0.5) is 4.39 Å². The molecule has 1 fully saturated rings. The van der Waals surface area contributed by atoms with Gasteiger partial charge in [0.2, 0.25) is 0 Å². The van der Waals surface area contributed by atoms with Crippen molar-refractivity contribution < 1.29 is 18.4 Å². The average Bonchev–Trinajstić information content (AvgIpc) is 3.16. The fourth-order valence-electron chi connectivity index (χ4n) is 4.13. The van der Waals surface area contributed by atoms with Gasteiger partial charge < -0.3 is 9.26 Å². The van der Waals surface area contributed by atoms with Crippen LogP contribution in [-0.4, -0.2) is 48.2 Å². The summed E-state index contributed by atoms with van der Waals surface area (Å²) in [5, 5.41) is 4.45. The van der Waals surface area contributed by atoms with Gasteiger partial charge in [-0.15, -0.1) is 0 Å². The SMILES string of the molecule is COC1C(=O)[C]=CC=C1C(C=CCc1noc2cccc(F)c12)N1CCCCC1. The predicted molar refractivity (Wildman–Crippen MR) is 108 cm³/mol. The highest BCUT2D eigenvalue weighted by atomic mass is 19.1. The number of rotatable bonds is 6. The lowest BCUT2D eigenvalue weighted by Gasteiger charge is -2.36. The van der Waals surface area contributed by atoms with Crippen molar-refractivity contribution >= 4 is 16.8 Å².